The van der Waals surface area contributed by atoms with E-state index >= 15 is 0 Å². The van der Waals surface area contributed by atoms with Gasteiger partial charge in [-0.3, -0.25) is 0 Å². The van der Waals surface area contributed by atoms with Gasteiger partial charge in [-0.05, 0) is 24.3 Å². The molecule has 1 N–H and O–H groups in total. The molecule has 0 saturated carbocycles. The molecule has 0 unspecified atom stereocenters. The smallest absolute Gasteiger partial charge is 0.450 e. The molecule has 0 aromatic carbocycles. The zero-order valence-corrected chi connectivity index (χ0v) is 11.4. The highest BCUT2D eigenvalue weighted by Crippen LogP contribution is 2.14. The molecule has 0 aromatic heterocycles. The first-order valence-corrected chi connectivity index (χ1v) is 7.13. The molecule has 0 aliphatic rings. The van der Waals surface area contributed by atoms with Gasteiger partial charge in [0.25, 0.3) is 0 Å². The van der Waals surface area contributed by atoms with E-state index in [9.17, 15) is 4.79 Å². The fraction of sp³-hybridized carbons (Fsp3) is 0.889. The van der Waals surface area contributed by atoms with Crippen LogP contribution >= 0.6 is 0 Å². The van der Waals surface area contributed by atoms with E-state index in [1.54, 1.807) is 28.3 Å². The van der Waals surface area contributed by atoms with E-state index in [0.29, 0.717) is 19.2 Å². The van der Waals surface area contributed by atoms with Crippen molar-refractivity contribution >= 4 is 25.9 Å². The summed E-state index contributed by atoms with van der Waals surface area (Å²) in [7, 11) is 2.20. The summed E-state index contributed by atoms with van der Waals surface area (Å²) >= 11 is 0. The van der Waals surface area contributed by atoms with Crippen LogP contribution in [0.4, 0.5) is 4.79 Å². The fourth-order valence-corrected chi connectivity index (χ4v) is 2.96. The van der Waals surface area contributed by atoms with Gasteiger partial charge in [-0.25, -0.2) is 4.79 Å². The first kappa shape index (κ1) is 18.9. The maximum Gasteiger partial charge on any atom is 0.500 e. The van der Waals surface area contributed by atoms with Crippen molar-refractivity contribution in [3.8, 4) is 0 Å². The fourth-order valence-electron chi connectivity index (χ4n) is 1.23. The lowest BCUT2D eigenvalue weighted by molar-refractivity contribution is 0.122. The van der Waals surface area contributed by atoms with Crippen LogP contribution in [0.5, 0.6) is 0 Å². The Labute approximate surface area is 108 Å². The standard InChI is InChI=1S/C9H21NO5Si.H4Si/c1-5-15-9(11)10-7-6-8-16(12-2,13-3)14-4;/h5-8H2,1-4H3,(H,10,11);1H4. The second-order valence-electron chi connectivity index (χ2n) is 3.05. The van der Waals surface area contributed by atoms with Gasteiger partial charge in [-0.15, -0.1) is 0 Å². The molecule has 6 nitrogen and oxygen atoms in total. The van der Waals surface area contributed by atoms with Gasteiger partial charge < -0.3 is 23.3 Å². The number of carbonyl (C=O) groups is 1. The Kier molecular flexibility index (Phi) is 11.9. The number of hydrogen-bond acceptors (Lipinski definition) is 5. The lowest BCUT2D eigenvalue weighted by Gasteiger charge is -2.24. The van der Waals surface area contributed by atoms with E-state index in [2.05, 4.69) is 5.32 Å². The van der Waals surface area contributed by atoms with Gasteiger partial charge in [0.1, 0.15) is 0 Å². The Morgan fingerprint density at radius 1 is 1.18 bits per heavy atom. The summed E-state index contributed by atoms with van der Waals surface area (Å²) in [5.41, 5.74) is 0. The van der Waals surface area contributed by atoms with Crippen LogP contribution in [0, 0.1) is 0 Å². The Morgan fingerprint density at radius 2 is 1.71 bits per heavy atom. The van der Waals surface area contributed by atoms with E-state index in [4.69, 9.17) is 18.0 Å². The maximum absolute atomic E-state index is 11.0. The average Bonchev–Trinajstić information content (AvgIpc) is 2.31. The van der Waals surface area contributed by atoms with Crippen molar-refractivity contribution < 1.29 is 22.8 Å². The summed E-state index contributed by atoms with van der Waals surface area (Å²) in [4.78, 5) is 11.0. The largest absolute Gasteiger partial charge is 0.500 e. The predicted molar refractivity (Wildman–Crippen MR) is 72.6 cm³/mol. The lowest BCUT2D eigenvalue weighted by atomic mass is 10.5. The van der Waals surface area contributed by atoms with Crippen molar-refractivity contribution in [1.29, 1.82) is 0 Å². The van der Waals surface area contributed by atoms with Crippen molar-refractivity contribution in [2.75, 3.05) is 34.5 Å². The highest BCUT2D eigenvalue weighted by Gasteiger charge is 2.36. The number of amides is 1. The van der Waals surface area contributed by atoms with Crippen LogP contribution in [0.1, 0.15) is 13.3 Å². The van der Waals surface area contributed by atoms with Gasteiger partial charge in [-0.2, -0.15) is 0 Å². The SMILES string of the molecule is CCOC(=O)NCCC[Si](OC)(OC)OC.[SiH4]. The molecule has 0 aliphatic carbocycles. The molecule has 0 saturated heterocycles. The van der Waals surface area contributed by atoms with Crippen LogP contribution in [0.2, 0.25) is 6.04 Å². The lowest BCUT2D eigenvalue weighted by Crippen LogP contribution is -2.43. The summed E-state index contributed by atoms with van der Waals surface area (Å²) in [6.45, 7) is 2.65. The summed E-state index contributed by atoms with van der Waals surface area (Å²) in [5.74, 6) is 0. The van der Waals surface area contributed by atoms with Crippen LogP contribution in [0.15, 0.2) is 0 Å². The summed E-state index contributed by atoms with van der Waals surface area (Å²) < 4.78 is 20.4. The number of nitrogens with one attached hydrogen (secondary N) is 1. The second kappa shape index (κ2) is 10.7. The van der Waals surface area contributed by atoms with E-state index in [0.717, 1.165) is 6.42 Å². The highest BCUT2D eigenvalue weighted by atomic mass is 28.4. The number of rotatable bonds is 8. The van der Waals surface area contributed by atoms with Crippen LogP contribution in [-0.4, -0.2) is 60.3 Å². The summed E-state index contributed by atoms with van der Waals surface area (Å²) in [6, 6.07) is 0.656. The van der Waals surface area contributed by atoms with Crippen LogP contribution < -0.4 is 5.32 Å². The number of hydrogen-bond donors (Lipinski definition) is 1. The zero-order chi connectivity index (χ0) is 12.4. The normalized spacial score (nSPS) is 10.6. The molecule has 104 valence electrons. The third-order valence-corrected chi connectivity index (χ3v) is 4.97. The summed E-state index contributed by atoms with van der Waals surface area (Å²) in [6.07, 6.45) is 0.322. The molecule has 1 amide bonds. The first-order valence-electron chi connectivity index (χ1n) is 5.20. The topological polar surface area (TPSA) is 66.0 Å². The van der Waals surface area contributed by atoms with Crippen molar-refractivity contribution in [3.05, 3.63) is 0 Å². The molecule has 0 rings (SSSR count). The van der Waals surface area contributed by atoms with Crippen molar-refractivity contribution in [1.82, 2.24) is 5.32 Å². The Balaban J connectivity index is 0. The molecule has 17 heavy (non-hydrogen) atoms. The quantitative estimate of drug-likeness (QED) is 0.483. The van der Waals surface area contributed by atoms with Crippen molar-refractivity contribution in [3.63, 3.8) is 0 Å². The maximum atomic E-state index is 11.0. The molecule has 0 heterocycles. The highest BCUT2D eigenvalue weighted by molar-refractivity contribution is 6.60. The number of alkyl carbamates (subject to hydrolysis) is 1. The Morgan fingerprint density at radius 3 is 2.12 bits per heavy atom. The minimum absolute atomic E-state index is 0. The molecule has 0 bridgehead atoms. The van der Waals surface area contributed by atoms with Crippen molar-refractivity contribution in [2.45, 2.75) is 19.4 Å². The van der Waals surface area contributed by atoms with Crippen LogP contribution in [0.25, 0.3) is 0 Å². The van der Waals surface area contributed by atoms with Gasteiger partial charge >= 0.3 is 14.9 Å². The molecule has 0 aromatic rings. The Hall–Kier alpha value is -0.416. The van der Waals surface area contributed by atoms with Gasteiger partial charge in [-0.1, -0.05) is 0 Å². The van der Waals surface area contributed by atoms with Gasteiger partial charge in [0.15, 0.2) is 0 Å². The molecule has 0 atom stereocenters. The van der Waals surface area contributed by atoms with Crippen LogP contribution in [0.3, 0.4) is 0 Å². The molecular weight excluding hydrogens is 258 g/mol. The van der Waals surface area contributed by atoms with E-state index < -0.39 is 14.9 Å². The van der Waals surface area contributed by atoms with E-state index in [1.807, 2.05) is 0 Å². The average molecular weight is 283 g/mol. The number of ether oxygens (including phenoxy) is 1. The third-order valence-electron chi connectivity index (χ3n) is 2.14. The monoisotopic (exact) mass is 283 g/mol. The molecule has 0 spiro atoms. The molecule has 0 aliphatic heterocycles. The molecular formula is C9H25NO5Si2. The number of carbonyl (C=O) groups excluding carboxylic acids is 1. The summed E-state index contributed by atoms with van der Waals surface area (Å²) in [5, 5.41) is 2.62. The van der Waals surface area contributed by atoms with Gasteiger partial charge in [0, 0.05) is 33.9 Å². The Bertz CT molecular complexity index is 194. The van der Waals surface area contributed by atoms with Gasteiger partial charge in [0.2, 0.25) is 0 Å². The molecule has 0 fully saturated rings. The van der Waals surface area contributed by atoms with E-state index in [1.165, 1.54) is 0 Å². The third kappa shape index (κ3) is 7.50. The minimum atomic E-state index is -2.50. The molecule has 8 heteroatoms. The minimum Gasteiger partial charge on any atom is -0.450 e. The van der Waals surface area contributed by atoms with Crippen LogP contribution in [-0.2, 0) is 18.0 Å². The van der Waals surface area contributed by atoms with Gasteiger partial charge in [0.05, 0.1) is 6.61 Å². The zero-order valence-electron chi connectivity index (χ0n) is 10.4. The predicted octanol–water partition coefficient (Wildman–Crippen LogP) is -0.451. The first-order chi connectivity index (χ1) is 7.64. The van der Waals surface area contributed by atoms with E-state index in [-0.39, 0.29) is 11.0 Å². The molecule has 0 radical (unpaired) electrons. The van der Waals surface area contributed by atoms with Crippen molar-refractivity contribution in [2.24, 2.45) is 0 Å². The second-order valence-corrected chi connectivity index (χ2v) is 6.14.